The summed E-state index contributed by atoms with van der Waals surface area (Å²) in [6.45, 7) is 3.34. The SMILES string of the molecule is CC(=O)Nc1scc(C)c1CO. The Balaban J connectivity index is 2.91. The van der Waals surface area contributed by atoms with Gasteiger partial charge in [0.25, 0.3) is 0 Å². The Kier molecular flexibility index (Phi) is 2.83. The van der Waals surface area contributed by atoms with Crippen LogP contribution in [0.5, 0.6) is 0 Å². The quantitative estimate of drug-likeness (QED) is 0.733. The minimum absolute atomic E-state index is 0.0229. The molecule has 3 nitrogen and oxygen atoms in total. The fraction of sp³-hybridized carbons (Fsp3) is 0.375. The molecule has 0 saturated carbocycles. The molecule has 0 aliphatic rings. The molecule has 0 atom stereocenters. The molecule has 0 bridgehead atoms. The van der Waals surface area contributed by atoms with Crippen LogP contribution in [0.3, 0.4) is 0 Å². The van der Waals surface area contributed by atoms with E-state index in [-0.39, 0.29) is 12.5 Å². The van der Waals surface area contributed by atoms with Crippen LogP contribution in [0.1, 0.15) is 18.1 Å². The molecule has 0 unspecified atom stereocenters. The first-order chi connectivity index (χ1) is 5.65. The van der Waals surface area contributed by atoms with Crippen molar-refractivity contribution in [2.75, 3.05) is 5.32 Å². The lowest BCUT2D eigenvalue weighted by Gasteiger charge is -2.01. The van der Waals surface area contributed by atoms with Gasteiger partial charge >= 0.3 is 0 Å². The summed E-state index contributed by atoms with van der Waals surface area (Å²) in [5.74, 6) is -0.105. The van der Waals surface area contributed by atoms with Gasteiger partial charge in [0, 0.05) is 12.5 Å². The third kappa shape index (κ3) is 1.84. The van der Waals surface area contributed by atoms with Crippen molar-refractivity contribution < 1.29 is 9.90 Å². The van der Waals surface area contributed by atoms with E-state index in [4.69, 9.17) is 5.11 Å². The molecule has 12 heavy (non-hydrogen) atoms. The van der Waals surface area contributed by atoms with Gasteiger partial charge in [0.15, 0.2) is 0 Å². The number of carbonyl (C=O) groups excluding carboxylic acids is 1. The van der Waals surface area contributed by atoms with Crippen LogP contribution in [0, 0.1) is 6.92 Å². The number of anilines is 1. The standard InChI is InChI=1S/C8H11NO2S/c1-5-4-12-8(7(5)3-10)9-6(2)11/h4,10H,3H2,1-2H3,(H,9,11). The number of amides is 1. The Morgan fingerprint density at radius 2 is 2.42 bits per heavy atom. The molecule has 0 aliphatic carbocycles. The Morgan fingerprint density at radius 1 is 1.75 bits per heavy atom. The second-order valence-corrected chi connectivity index (χ2v) is 3.45. The minimum Gasteiger partial charge on any atom is -0.392 e. The first-order valence-corrected chi connectivity index (χ1v) is 4.48. The van der Waals surface area contributed by atoms with Crippen LogP contribution >= 0.6 is 11.3 Å². The molecule has 0 radical (unpaired) electrons. The van der Waals surface area contributed by atoms with Crippen LogP contribution in [0.4, 0.5) is 5.00 Å². The normalized spacial score (nSPS) is 9.92. The van der Waals surface area contributed by atoms with Crippen molar-refractivity contribution in [1.82, 2.24) is 0 Å². The lowest BCUT2D eigenvalue weighted by Crippen LogP contribution is -2.06. The van der Waals surface area contributed by atoms with Crippen molar-refractivity contribution in [2.24, 2.45) is 0 Å². The predicted molar refractivity (Wildman–Crippen MR) is 49.3 cm³/mol. The van der Waals surface area contributed by atoms with Gasteiger partial charge in [-0.25, -0.2) is 0 Å². The van der Waals surface area contributed by atoms with Gasteiger partial charge in [0.2, 0.25) is 5.91 Å². The number of aliphatic hydroxyl groups is 1. The summed E-state index contributed by atoms with van der Waals surface area (Å²) in [4.78, 5) is 10.7. The Bertz CT molecular complexity index is 293. The average molecular weight is 185 g/mol. The molecule has 1 heterocycles. The lowest BCUT2D eigenvalue weighted by molar-refractivity contribution is -0.114. The van der Waals surface area contributed by atoms with E-state index in [0.717, 1.165) is 16.1 Å². The second-order valence-electron chi connectivity index (χ2n) is 2.57. The highest BCUT2D eigenvalue weighted by Crippen LogP contribution is 2.27. The zero-order valence-corrected chi connectivity index (χ0v) is 7.86. The van der Waals surface area contributed by atoms with Gasteiger partial charge in [-0.3, -0.25) is 4.79 Å². The van der Waals surface area contributed by atoms with Crippen molar-refractivity contribution in [2.45, 2.75) is 20.5 Å². The molecule has 0 saturated heterocycles. The summed E-state index contributed by atoms with van der Waals surface area (Å²) >= 11 is 1.44. The van der Waals surface area contributed by atoms with Crippen LogP contribution in [-0.2, 0) is 11.4 Å². The van der Waals surface area contributed by atoms with Crippen molar-refractivity contribution in [1.29, 1.82) is 0 Å². The van der Waals surface area contributed by atoms with E-state index in [9.17, 15) is 4.79 Å². The molecule has 2 N–H and O–H groups in total. The first-order valence-electron chi connectivity index (χ1n) is 3.60. The molecule has 0 fully saturated rings. The van der Waals surface area contributed by atoms with E-state index in [1.807, 2.05) is 12.3 Å². The molecule has 1 aromatic rings. The topological polar surface area (TPSA) is 49.3 Å². The number of carbonyl (C=O) groups is 1. The third-order valence-corrected chi connectivity index (χ3v) is 2.61. The zero-order chi connectivity index (χ0) is 9.14. The van der Waals surface area contributed by atoms with Gasteiger partial charge in [0.05, 0.1) is 6.61 Å². The van der Waals surface area contributed by atoms with Gasteiger partial charge in [-0.2, -0.15) is 0 Å². The summed E-state index contributed by atoms with van der Waals surface area (Å²) in [5, 5.41) is 14.3. The highest BCUT2D eigenvalue weighted by molar-refractivity contribution is 7.14. The molecule has 0 aromatic carbocycles. The number of rotatable bonds is 2. The molecule has 1 aromatic heterocycles. The summed E-state index contributed by atoms with van der Waals surface area (Å²) in [6, 6.07) is 0. The Morgan fingerprint density at radius 3 is 2.92 bits per heavy atom. The molecule has 1 amide bonds. The van der Waals surface area contributed by atoms with Crippen molar-refractivity contribution in [3.8, 4) is 0 Å². The second kappa shape index (κ2) is 3.69. The van der Waals surface area contributed by atoms with E-state index in [0.29, 0.717) is 0 Å². The molecule has 0 aliphatic heterocycles. The number of aliphatic hydroxyl groups excluding tert-OH is 1. The molecule has 0 spiro atoms. The van der Waals surface area contributed by atoms with E-state index >= 15 is 0 Å². The van der Waals surface area contributed by atoms with Crippen LogP contribution in [0.15, 0.2) is 5.38 Å². The molecular formula is C8H11NO2S. The van der Waals surface area contributed by atoms with Crippen LogP contribution in [0.25, 0.3) is 0 Å². The maximum atomic E-state index is 10.7. The molecule has 66 valence electrons. The van der Waals surface area contributed by atoms with Crippen LogP contribution in [0.2, 0.25) is 0 Å². The smallest absolute Gasteiger partial charge is 0.221 e. The largest absolute Gasteiger partial charge is 0.392 e. The van der Waals surface area contributed by atoms with E-state index in [1.54, 1.807) is 0 Å². The Labute approximate surface area is 75.0 Å². The molecule has 1 rings (SSSR count). The highest BCUT2D eigenvalue weighted by Gasteiger charge is 2.07. The maximum absolute atomic E-state index is 10.7. The van der Waals surface area contributed by atoms with Gasteiger partial charge in [-0.1, -0.05) is 0 Å². The van der Waals surface area contributed by atoms with Crippen molar-refractivity contribution >= 4 is 22.2 Å². The maximum Gasteiger partial charge on any atom is 0.221 e. The summed E-state index contributed by atoms with van der Waals surface area (Å²) in [7, 11) is 0. The fourth-order valence-corrected chi connectivity index (χ4v) is 1.94. The zero-order valence-electron chi connectivity index (χ0n) is 7.05. The first kappa shape index (κ1) is 9.22. The highest BCUT2D eigenvalue weighted by atomic mass is 32.1. The molecular weight excluding hydrogens is 174 g/mol. The van der Waals surface area contributed by atoms with Gasteiger partial charge < -0.3 is 10.4 Å². The third-order valence-electron chi connectivity index (χ3n) is 1.55. The monoisotopic (exact) mass is 185 g/mol. The number of hydrogen-bond donors (Lipinski definition) is 2. The average Bonchev–Trinajstić information content (AvgIpc) is 2.30. The van der Waals surface area contributed by atoms with Crippen LogP contribution < -0.4 is 5.32 Å². The summed E-state index contributed by atoms with van der Waals surface area (Å²) in [6.07, 6.45) is 0. The number of hydrogen-bond acceptors (Lipinski definition) is 3. The number of aryl methyl sites for hydroxylation is 1. The number of nitrogens with one attached hydrogen (secondary N) is 1. The van der Waals surface area contributed by atoms with Gasteiger partial charge in [-0.05, 0) is 17.9 Å². The van der Waals surface area contributed by atoms with E-state index in [1.165, 1.54) is 18.3 Å². The summed E-state index contributed by atoms with van der Waals surface area (Å²) in [5.41, 5.74) is 1.83. The fourth-order valence-electron chi connectivity index (χ4n) is 0.930. The summed E-state index contributed by atoms with van der Waals surface area (Å²) < 4.78 is 0. The van der Waals surface area contributed by atoms with E-state index < -0.39 is 0 Å². The number of thiophene rings is 1. The lowest BCUT2D eigenvalue weighted by atomic mass is 10.2. The van der Waals surface area contributed by atoms with Crippen molar-refractivity contribution in [3.63, 3.8) is 0 Å². The molecule has 4 heteroatoms. The predicted octanol–water partition coefficient (Wildman–Crippen LogP) is 1.51. The van der Waals surface area contributed by atoms with Gasteiger partial charge in [0.1, 0.15) is 5.00 Å². The Hall–Kier alpha value is -0.870. The van der Waals surface area contributed by atoms with Crippen molar-refractivity contribution in [3.05, 3.63) is 16.5 Å². The van der Waals surface area contributed by atoms with Crippen LogP contribution in [-0.4, -0.2) is 11.0 Å². The minimum atomic E-state index is -0.105. The van der Waals surface area contributed by atoms with Gasteiger partial charge in [-0.15, -0.1) is 11.3 Å². The van der Waals surface area contributed by atoms with E-state index in [2.05, 4.69) is 5.32 Å².